The Morgan fingerprint density at radius 3 is 2.03 bits per heavy atom. The number of hydrogen-bond donors (Lipinski definition) is 3. The average molecular weight is 415 g/mol. The third-order valence-corrected chi connectivity index (χ3v) is 5.71. The summed E-state index contributed by atoms with van der Waals surface area (Å²) in [5, 5.41) is 30.5. The van der Waals surface area contributed by atoms with Crippen molar-refractivity contribution in [1.29, 1.82) is 0 Å². The van der Waals surface area contributed by atoms with E-state index in [0.29, 0.717) is 24.8 Å². The molecule has 0 heterocycles. The molecule has 0 radical (unpaired) electrons. The van der Waals surface area contributed by atoms with E-state index in [1.54, 1.807) is 6.07 Å². The van der Waals surface area contributed by atoms with Crippen LogP contribution in [0.2, 0.25) is 0 Å². The third kappa shape index (κ3) is 10.2. The lowest BCUT2D eigenvalue weighted by molar-refractivity contribution is 0.0431. The van der Waals surface area contributed by atoms with Crippen LogP contribution < -0.4 is 0 Å². The number of benzene rings is 1. The van der Waals surface area contributed by atoms with Crippen molar-refractivity contribution in [3.8, 4) is 11.5 Å². The Morgan fingerprint density at radius 1 is 0.867 bits per heavy atom. The van der Waals surface area contributed by atoms with Gasteiger partial charge in [-0.1, -0.05) is 41.0 Å². The first-order valence-corrected chi connectivity index (χ1v) is 11.2. The van der Waals surface area contributed by atoms with Gasteiger partial charge < -0.3 is 15.3 Å². The number of rotatable bonds is 12. The summed E-state index contributed by atoms with van der Waals surface area (Å²) in [7, 11) is 0. The molecule has 30 heavy (non-hydrogen) atoms. The molecule has 1 rings (SSSR count). The zero-order valence-corrected chi connectivity index (χ0v) is 19.9. The van der Waals surface area contributed by atoms with E-state index in [9.17, 15) is 15.3 Å². The molecule has 0 aliphatic carbocycles. The van der Waals surface area contributed by atoms with E-state index in [-0.39, 0.29) is 11.5 Å². The average Bonchev–Trinajstić information content (AvgIpc) is 2.64. The van der Waals surface area contributed by atoms with Gasteiger partial charge in [0.1, 0.15) is 0 Å². The topological polar surface area (TPSA) is 60.7 Å². The van der Waals surface area contributed by atoms with Gasteiger partial charge in [-0.2, -0.15) is 0 Å². The van der Waals surface area contributed by atoms with Crippen LogP contribution in [0.1, 0.15) is 90.7 Å². The van der Waals surface area contributed by atoms with Crippen molar-refractivity contribution in [2.75, 3.05) is 0 Å². The summed E-state index contributed by atoms with van der Waals surface area (Å²) in [5.41, 5.74) is 5.04. The molecular formula is C27H42O3. The minimum atomic E-state index is -0.803. The van der Waals surface area contributed by atoms with Crippen LogP contribution in [-0.2, 0) is 6.42 Å². The molecular weight excluding hydrogens is 372 g/mol. The molecule has 1 aromatic carbocycles. The molecule has 3 heteroatoms. The maximum absolute atomic E-state index is 10.7. The van der Waals surface area contributed by atoms with Crippen molar-refractivity contribution in [2.24, 2.45) is 0 Å². The minimum Gasteiger partial charge on any atom is -0.504 e. The number of aliphatic hydroxyl groups is 1. The molecule has 0 aliphatic heterocycles. The normalized spacial score (nSPS) is 14.5. The molecule has 1 aromatic rings. The second-order valence-electron chi connectivity index (χ2n) is 9.22. The highest BCUT2D eigenvalue weighted by Gasteiger charge is 2.21. The zero-order valence-electron chi connectivity index (χ0n) is 19.9. The van der Waals surface area contributed by atoms with Gasteiger partial charge in [0, 0.05) is 5.56 Å². The van der Waals surface area contributed by atoms with Gasteiger partial charge in [0.15, 0.2) is 11.5 Å². The summed E-state index contributed by atoms with van der Waals surface area (Å²) in [5.74, 6) is -0.166. The summed E-state index contributed by atoms with van der Waals surface area (Å²) in [4.78, 5) is 0. The number of allylic oxidation sites excluding steroid dienone is 6. The van der Waals surface area contributed by atoms with E-state index in [1.165, 1.54) is 22.8 Å². The predicted molar refractivity (Wildman–Crippen MR) is 128 cm³/mol. The molecule has 3 N–H and O–H groups in total. The number of aryl methyl sites for hydroxylation is 1. The Morgan fingerprint density at radius 2 is 1.43 bits per heavy atom. The molecule has 0 bridgehead atoms. The Bertz CT molecular complexity index is 763. The zero-order chi connectivity index (χ0) is 22.7. The van der Waals surface area contributed by atoms with Crippen molar-refractivity contribution < 1.29 is 15.3 Å². The highest BCUT2D eigenvalue weighted by Crippen LogP contribution is 2.33. The number of phenolic OH excluding ortho intramolecular Hbond substituents is 2. The van der Waals surface area contributed by atoms with Gasteiger partial charge in [0.05, 0.1) is 5.60 Å². The predicted octanol–water partition coefficient (Wildman–Crippen LogP) is 7.29. The fourth-order valence-electron chi connectivity index (χ4n) is 3.53. The van der Waals surface area contributed by atoms with E-state index in [2.05, 4.69) is 45.9 Å². The fraction of sp³-hybridized carbons (Fsp3) is 0.556. The SMILES string of the molecule is CC(C)=CCCC(C)=CCCC(C)=CCCC(C)(O)CCc1c(C)ccc(O)c1O. The highest BCUT2D eigenvalue weighted by molar-refractivity contribution is 5.48. The van der Waals surface area contributed by atoms with Crippen LogP contribution in [-0.4, -0.2) is 20.9 Å². The largest absolute Gasteiger partial charge is 0.504 e. The van der Waals surface area contributed by atoms with E-state index in [4.69, 9.17) is 0 Å². The molecule has 0 saturated carbocycles. The third-order valence-electron chi connectivity index (χ3n) is 5.71. The molecule has 0 aliphatic rings. The molecule has 3 nitrogen and oxygen atoms in total. The van der Waals surface area contributed by atoms with Crippen molar-refractivity contribution in [3.05, 3.63) is 58.2 Å². The molecule has 0 amide bonds. The molecule has 168 valence electrons. The lowest BCUT2D eigenvalue weighted by atomic mass is 9.90. The Kier molecular flexibility index (Phi) is 11.0. The molecule has 0 spiro atoms. The van der Waals surface area contributed by atoms with Crippen LogP contribution in [0, 0.1) is 6.92 Å². The van der Waals surface area contributed by atoms with E-state index in [0.717, 1.165) is 37.7 Å². The van der Waals surface area contributed by atoms with Crippen LogP contribution in [0.25, 0.3) is 0 Å². The van der Waals surface area contributed by atoms with Gasteiger partial charge in [-0.25, -0.2) is 0 Å². The Balaban J connectivity index is 2.42. The summed E-state index contributed by atoms with van der Waals surface area (Å²) in [6, 6.07) is 3.29. The van der Waals surface area contributed by atoms with Crippen molar-refractivity contribution in [1.82, 2.24) is 0 Å². The molecule has 1 atom stereocenters. The number of phenols is 2. The van der Waals surface area contributed by atoms with E-state index in [1.807, 2.05) is 13.8 Å². The lowest BCUT2D eigenvalue weighted by Gasteiger charge is -2.23. The minimum absolute atomic E-state index is 0.0641. The van der Waals surface area contributed by atoms with Crippen LogP contribution in [0.5, 0.6) is 11.5 Å². The second kappa shape index (κ2) is 12.6. The van der Waals surface area contributed by atoms with Gasteiger partial charge in [0.25, 0.3) is 0 Å². The smallest absolute Gasteiger partial charge is 0.160 e. The summed E-state index contributed by atoms with van der Waals surface area (Å²) >= 11 is 0. The summed E-state index contributed by atoms with van der Waals surface area (Å²) < 4.78 is 0. The maximum atomic E-state index is 10.7. The van der Waals surface area contributed by atoms with Gasteiger partial charge in [-0.05, 0) is 105 Å². The molecule has 1 unspecified atom stereocenters. The number of aromatic hydroxyl groups is 2. The number of hydrogen-bond acceptors (Lipinski definition) is 3. The molecule has 0 saturated heterocycles. The van der Waals surface area contributed by atoms with E-state index >= 15 is 0 Å². The monoisotopic (exact) mass is 414 g/mol. The van der Waals surface area contributed by atoms with Gasteiger partial charge >= 0.3 is 0 Å². The van der Waals surface area contributed by atoms with Gasteiger partial charge in [0.2, 0.25) is 0 Å². The molecule has 0 aromatic heterocycles. The highest BCUT2D eigenvalue weighted by atomic mass is 16.3. The second-order valence-corrected chi connectivity index (χ2v) is 9.22. The lowest BCUT2D eigenvalue weighted by Crippen LogP contribution is -2.24. The van der Waals surface area contributed by atoms with Crippen LogP contribution >= 0.6 is 0 Å². The summed E-state index contributed by atoms with van der Waals surface area (Å²) in [6.45, 7) is 12.4. The quantitative estimate of drug-likeness (QED) is 0.248. The van der Waals surface area contributed by atoms with E-state index < -0.39 is 5.60 Å². The van der Waals surface area contributed by atoms with Crippen LogP contribution in [0.15, 0.2) is 47.1 Å². The Labute approximate surface area is 183 Å². The fourth-order valence-corrected chi connectivity index (χ4v) is 3.53. The van der Waals surface area contributed by atoms with Crippen LogP contribution in [0.3, 0.4) is 0 Å². The Hall–Kier alpha value is -2.00. The first-order chi connectivity index (χ1) is 14.0. The van der Waals surface area contributed by atoms with Gasteiger partial charge in [-0.15, -0.1) is 0 Å². The van der Waals surface area contributed by atoms with Crippen molar-refractivity contribution in [3.63, 3.8) is 0 Å². The summed E-state index contributed by atoms with van der Waals surface area (Å²) in [6.07, 6.45) is 13.8. The van der Waals surface area contributed by atoms with Gasteiger partial charge in [-0.3, -0.25) is 0 Å². The first kappa shape index (κ1) is 26.0. The van der Waals surface area contributed by atoms with Crippen molar-refractivity contribution in [2.45, 2.75) is 98.5 Å². The molecule has 0 fully saturated rings. The first-order valence-electron chi connectivity index (χ1n) is 11.2. The van der Waals surface area contributed by atoms with Crippen molar-refractivity contribution >= 4 is 0 Å². The van der Waals surface area contributed by atoms with Crippen LogP contribution in [0.4, 0.5) is 0 Å². The maximum Gasteiger partial charge on any atom is 0.160 e. The standard InChI is InChI=1S/C27H42O3/c1-20(2)10-7-11-21(3)12-8-13-22(4)14-9-18-27(6,30)19-17-24-23(5)15-16-25(28)26(24)29/h10,12,14-16,28-30H,7-9,11,13,17-19H2,1-6H3.